The van der Waals surface area contributed by atoms with E-state index in [4.69, 9.17) is 5.50 Å². The Balaban J connectivity index is 2.45. The van der Waals surface area contributed by atoms with Crippen molar-refractivity contribution in [2.45, 2.75) is 6.42 Å². The molecule has 5 heteroatoms. The van der Waals surface area contributed by atoms with Gasteiger partial charge in [-0.1, -0.05) is 0 Å². The first kappa shape index (κ1) is 6.23. The van der Waals surface area contributed by atoms with E-state index in [1.54, 1.807) is 0 Å². The molecule has 1 heterocycles. The quantitative estimate of drug-likeness (QED) is 0.493. The summed E-state index contributed by atoms with van der Waals surface area (Å²) >= 11 is 0. The van der Waals surface area contributed by atoms with E-state index in [9.17, 15) is 4.57 Å². The largest absolute Gasteiger partial charge is 0.402 e. The standard InChI is InChI=1S/C3H8NO3P/c4-8(5)6-2-1-3-7-8/h1-3H2,(H2,4,5). The van der Waals surface area contributed by atoms with E-state index < -0.39 is 7.75 Å². The molecule has 0 aromatic carbocycles. The van der Waals surface area contributed by atoms with E-state index in [1.807, 2.05) is 0 Å². The van der Waals surface area contributed by atoms with Crippen LogP contribution in [0.5, 0.6) is 0 Å². The normalized spacial score (nSPS) is 27.6. The second-order valence-corrected chi connectivity index (χ2v) is 3.16. The number of nitrogens with two attached hydrogens (primary N) is 1. The summed E-state index contributed by atoms with van der Waals surface area (Å²) in [6.45, 7) is 0.904. The molecule has 0 spiro atoms. The van der Waals surface area contributed by atoms with Gasteiger partial charge in [-0.25, -0.2) is 10.1 Å². The molecule has 1 saturated heterocycles. The highest BCUT2D eigenvalue weighted by molar-refractivity contribution is 7.51. The van der Waals surface area contributed by atoms with E-state index in [0.29, 0.717) is 13.2 Å². The predicted molar refractivity (Wildman–Crippen MR) is 28.3 cm³/mol. The van der Waals surface area contributed by atoms with Crippen molar-refractivity contribution in [1.29, 1.82) is 0 Å². The molecule has 0 unspecified atom stereocenters. The van der Waals surface area contributed by atoms with Gasteiger partial charge in [-0.05, 0) is 6.42 Å². The summed E-state index contributed by atoms with van der Waals surface area (Å²) in [5.41, 5.74) is 4.99. The van der Waals surface area contributed by atoms with Crippen molar-refractivity contribution < 1.29 is 13.6 Å². The van der Waals surface area contributed by atoms with Gasteiger partial charge in [-0.3, -0.25) is 9.05 Å². The lowest BCUT2D eigenvalue weighted by molar-refractivity contribution is 0.146. The summed E-state index contributed by atoms with van der Waals surface area (Å²) in [4.78, 5) is 0. The van der Waals surface area contributed by atoms with Crippen LogP contribution in [0.2, 0.25) is 0 Å². The van der Waals surface area contributed by atoms with Crippen molar-refractivity contribution in [2.75, 3.05) is 13.2 Å². The van der Waals surface area contributed by atoms with Gasteiger partial charge in [0.2, 0.25) is 0 Å². The Hall–Kier alpha value is 0.110. The highest BCUT2D eigenvalue weighted by Crippen LogP contribution is 2.41. The molecule has 0 amide bonds. The van der Waals surface area contributed by atoms with Gasteiger partial charge in [0.1, 0.15) is 0 Å². The molecule has 2 N–H and O–H groups in total. The lowest BCUT2D eigenvalue weighted by Gasteiger charge is -2.17. The molecule has 0 bridgehead atoms. The smallest absolute Gasteiger partial charge is 0.297 e. The molecule has 8 heavy (non-hydrogen) atoms. The lowest BCUT2D eigenvalue weighted by atomic mass is 10.5. The van der Waals surface area contributed by atoms with Crippen LogP contribution in [0.25, 0.3) is 0 Å². The van der Waals surface area contributed by atoms with Crippen molar-refractivity contribution in [2.24, 2.45) is 5.50 Å². The lowest BCUT2D eigenvalue weighted by Crippen LogP contribution is -2.12. The van der Waals surface area contributed by atoms with Crippen LogP contribution in [0.1, 0.15) is 6.42 Å². The topological polar surface area (TPSA) is 61.6 Å². The zero-order chi connectivity index (χ0) is 6.04. The fourth-order valence-electron chi connectivity index (χ4n) is 0.480. The first-order chi connectivity index (χ1) is 3.71. The fourth-order valence-corrected chi connectivity index (χ4v) is 1.32. The number of hydrogen-bond donors (Lipinski definition) is 1. The van der Waals surface area contributed by atoms with E-state index in [0.717, 1.165) is 6.42 Å². The SMILES string of the molecule is NP1(=O)OCCCO1. The number of rotatable bonds is 0. The van der Waals surface area contributed by atoms with Crippen LogP contribution in [0.3, 0.4) is 0 Å². The van der Waals surface area contributed by atoms with Crippen molar-refractivity contribution in [3.8, 4) is 0 Å². The molecular weight excluding hydrogens is 129 g/mol. The molecule has 4 nitrogen and oxygen atoms in total. The summed E-state index contributed by atoms with van der Waals surface area (Å²) < 4.78 is 19.7. The summed E-state index contributed by atoms with van der Waals surface area (Å²) in [7, 11) is -3.09. The molecule has 1 aliphatic rings. The third-order valence-electron chi connectivity index (χ3n) is 0.831. The molecule has 0 aromatic rings. The van der Waals surface area contributed by atoms with Crippen LogP contribution in [0.4, 0.5) is 0 Å². The molecule has 0 aromatic heterocycles. The second kappa shape index (κ2) is 2.15. The van der Waals surface area contributed by atoms with E-state index >= 15 is 0 Å². The van der Waals surface area contributed by atoms with Gasteiger partial charge < -0.3 is 0 Å². The maximum Gasteiger partial charge on any atom is 0.402 e. The van der Waals surface area contributed by atoms with Gasteiger partial charge in [-0.2, -0.15) is 0 Å². The molecule has 1 fully saturated rings. The van der Waals surface area contributed by atoms with Gasteiger partial charge >= 0.3 is 7.75 Å². The Morgan fingerprint density at radius 3 is 2.12 bits per heavy atom. The highest BCUT2D eigenvalue weighted by Gasteiger charge is 2.21. The van der Waals surface area contributed by atoms with Crippen LogP contribution in [-0.2, 0) is 13.6 Å². The third kappa shape index (κ3) is 1.56. The Labute approximate surface area is 47.5 Å². The number of hydrogen-bond acceptors (Lipinski definition) is 3. The van der Waals surface area contributed by atoms with Crippen molar-refractivity contribution in [3.63, 3.8) is 0 Å². The average Bonchev–Trinajstić information content (AvgIpc) is 1.65. The van der Waals surface area contributed by atoms with Gasteiger partial charge in [0.05, 0.1) is 13.2 Å². The van der Waals surface area contributed by atoms with Crippen LogP contribution < -0.4 is 5.50 Å². The Morgan fingerprint density at radius 1 is 1.38 bits per heavy atom. The maximum atomic E-state index is 10.6. The van der Waals surface area contributed by atoms with Gasteiger partial charge in [0, 0.05) is 0 Å². The summed E-state index contributed by atoms with van der Waals surface area (Å²) in [6.07, 6.45) is 0.779. The minimum atomic E-state index is -3.09. The van der Waals surface area contributed by atoms with Gasteiger partial charge in [0.15, 0.2) is 0 Å². The molecule has 0 aliphatic carbocycles. The molecule has 48 valence electrons. The monoisotopic (exact) mass is 137 g/mol. The van der Waals surface area contributed by atoms with Crippen molar-refractivity contribution >= 4 is 7.75 Å². The Kier molecular flexibility index (Phi) is 1.68. The highest BCUT2D eigenvalue weighted by atomic mass is 31.2. The van der Waals surface area contributed by atoms with Crippen molar-refractivity contribution in [1.82, 2.24) is 0 Å². The summed E-state index contributed by atoms with van der Waals surface area (Å²) in [5, 5.41) is 0. The Morgan fingerprint density at radius 2 is 1.88 bits per heavy atom. The molecule has 0 atom stereocenters. The first-order valence-electron chi connectivity index (χ1n) is 2.38. The van der Waals surface area contributed by atoms with Gasteiger partial charge in [0.25, 0.3) is 0 Å². The zero-order valence-corrected chi connectivity index (χ0v) is 5.27. The Bertz CT molecular complexity index is 116. The maximum absolute atomic E-state index is 10.6. The summed E-state index contributed by atoms with van der Waals surface area (Å²) in [6, 6.07) is 0. The van der Waals surface area contributed by atoms with E-state index in [2.05, 4.69) is 9.05 Å². The zero-order valence-electron chi connectivity index (χ0n) is 4.37. The molecule has 0 radical (unpaired) electrons. The minimum Gasteiger partial charge on any atom is -0.297 e. The molecular formula is C3H8NO3P. The van der Waals surface area contributed by atoms with Gasteiger partial charge in [-0.15, -0.1) is 0 Å². The van der Waals surface area contributed by atoms with E-state index in [1.165, 1.54) is 0 Å². The van der Waals surface area contributed by atoms with Crippen LogP contribution in [-0.4, -0.2) is 13.2 Å². The fraction of sp³-hybridized carbons (Fsp3) is 1.00. The van der Waals surface area contributed by atoms with Crippen LogP contribution >= 0.6 is 7.75 Å². The molecule has 0 saturated carbocycles. The second-order valence-electron chi connectivity index (χ2n) is 1.56. The molecule has 1 rings (SSSR count). The van der Waals surface area contributed by atoms with Crippen LogP contribution in [0.15, 0.2) is 0 Å². The third-order valence-corrected chi connectivity index (χ3v) is 1.92. The van der Waals surface area contributed by atoms with Crippen molar-refractivity contribution in [3.05, 3.63) is 0 Å². The average molecular weight is 137 g/mol. The van der Waals surface area contributed by atoms with Crippen LogP contribution in [0, 0.1) is 0 Å². The van der Waals surface area contributed by atoms with E-state index in [-0.39, 0.29) is 0 Å². The minimum absolute atomic E-state index is 0.452. The summed E-state index contributed by atoms with van der Waals surface area (Å²) in [5.74, 6) is 0. The predicted octanol–water partition coefficient (Wildman–Crippen LogP) is 0.490. The molecule has 1 aliphatic heterocycles. The first-order valence-corrected chi connectivity index (χ1v) is 4.00.